The summed E-state index contributed by atoms with van der Waals surface area (Å²) in [5.74, 6) is -0.901. The molecule has 1 aromatic carbocycles. The highest BCUT2D eigenvalue weighted by Gasteiger charge is 2.15. The minimum absolute atomic E-state index is 0.0215. The summed E-state index contributed by atoms with van der Waals surface area (Å²) in [6, 6.07) is 6.01. The van der Waals surface area contributed by atoms with Crippen LogP contribution in [-0.4, -0.2) is 30.4 Å². The van der Waals surface area contributed by atoms with Gasteiger partial charge in [-0.2, -0.15) is 0 Å². The molecule has 1 rings (SSSR count). The molecule has 0 aliphatic rings. The number of urea groups is 1. The van der Waals surface area contributed by atoms with Gasteiger partial charge in [0.25, 0.3) is 0 Å². The highest BCUT2D eigenvalue weighted by molar-refractivity contribution is 6.01. The first-order chi connectivity index (χ1) is 9.40. The van der Waals surface area contributed by atoms with E-state index < -0.39 is 12.0 Å². The zero-order valence-electron chi connectivity index (χ0n) is 11.7. The van der Waals surface area contributed by atoms with Gasteiger partial charge in [0.2, 0.25) is 0 Å². The van der Waals surface area contributed by atoms with Crippen LogP contribution < -0.4 is 10.6 Å². The third kappa shape index (κ3) is 5.09. The molecule has 0 heterocycles. The number of rotatable bonds is 5. The van der Waals surface area contributed by atoms with Gasteiger partial charge in [-0.05, 0) is 32.9 Å². The zero-order chi connectivity index (χ0) is 15.1. The van der Waals surface area contributed by atoms with Gasteiger partial charge in [-0.15, -0.1) is 0 Å². The SMILES string of the molecule is CC(=O)COC(=O)c1ccccc1NC(=O)NC(C)C. The molecule has 0 fully saturated rings. The number of para-hydroxylation sites is 1. The summed E-state index contributed by atoms with van der Waals surface area (Å²) < 4.78 is 4.83. The third-order valence-electron chi connectivity index (χ3n) is 2.22. The molecule has 6 nitrogen and oxygen atoms in total. The van der Waals surface area contributed by atoms with Crippen LogP contribution in [0.1, 0.15) is 31.1 Å². The summed E-state index contributed by atoms with van der Waals surface area (Å²) in [6.45, 7) is 4.69. The van der Waals surface area contributed by atoms with E-state index in [9.17, 15) is 14.4 Å². The fourth-order valence-corrected chi connectivity index (χ4v) is 1.44. The van der Waals surface area contributed by atoms with Gasteiger partial charge in [-0.25, -0.2) is 9.59 Å². The normalized spacial score (nSPS) is 10.0. The molecule has 0 bridgehead atoms. The molecule has 0 atom stereocenters. The first kappa shape index (κ1) is 15.7. The van der Waals surface area contributed by atoms with E-state index in [0.29, 0.717) is 5.69 Å². The van der Waals surface area contributed by atoms with E-state index in [4.69, 9.17) is 4.74 Å². The van der Waals surface area contributed by atoms with Crippen molar-refractivity contribution in [1.82, 2.24) is 5.32 Å². The van der Waals surface area contributed by atoms with Crippen LogP contribution in [-0.2, 0) is 9.53 Å². The minimum atomic E-state index is -0.652. The van der Waals surface area contributed by atoms with Crippen LogP contribution in [0, 0.1) is 0 Å². The summed E-state index contributed by atoms with van der Waals surface area (Å²) in [4.78, 5) is 34.3. The number of hydrogen-bond donors (Lipinski definition) is 2. The Bertz CT molecular complexity index is 512. The number of carbonyl (C=O) groups excluding carboxylic acids is 3. The van der Waals surface area contributed by atoms with Gasteiger partial charge in [-0.3, -0.25) is 4.79 Å². The molecular formula is C14H18N2O4. The van der Waals surface area contributed by atoms with Crippen LogP contribution in [0.2, 0.25) is 0 Å². The van der Waals surface area contributed by atoms with Crippen molar-refractivity contribution in [2.75, 3.05) is 11.9 Å². The molecule has 20 heavy (non-hydrogen) atoms. The molecule has 0 aromatic heterocycles. The quantitative estimate of drug-likeness (QED) is 0.806. The van der Waals surface area contributed by atoms with Crippen LogP contribution in [0.4, 0.5) is 10.5 Å². The number of carbonyl (C=O) groups is 3. The Balaban J connectivity index is 2.79. The lowest BCUT2D eigenvalue weighted by Crippen LogP contribution is -2.34. The number of hydrogen-bond acceptors (Lipinski definition) is 4. The number of Topliss-reactive ketones (excluding diaryl/α,β-unsaturated/α-hetero) is 1. The van der Waals surface area contributed by atoms with E-state index in [-0.39, 0.29) is 24.0 Å². The number of nitrogens with one attached hydrogen (secondary N) is 2. The van der Waals surface area contributed by atoms with Crippen LogP contribution in [0.3, 0.4) is 0 Å². The Morgan fingerprint density at radius 3 is 2.45 bits per heavy atom. The summed E-state index contributed by atoms with van der Waals surface area (Å²) in [6.07, 6.45) is 0. The highest BCUT2D eigenvalue weighted by atomic mass is 16.5. The number of esters is 1. The summed E-state index contributed by atoms with van der Waals surface area (Å²) in [5.41, 5.74) is 0.534. The molecular weight excluding hydrogens is 260 g/mol. The molecule has 0 spiro atoms. The molecule has 0 radical (unpaired) electrons. The predicted octanol–water partition coefficient (Wildman–Crippen LogP) is 1.96. The Morgan fingerprint density at radius 2 is 1.85 bits per heavy atom. The molecule has 0 saturated heterocycles. The van der Waals surface area contributed by atoms with Gasteiger partial charge in [0.15, 0.2) is 5.78 Å². The first-order valence-corrected chi connectivity index (χ1v) is 6.23. The second-order valence-corrected chi connectivity index (χ2v) is 4.58. The van der Waals surface area contributed by atoms with Gasteiger partial charge in [0.1, 0.15) is 6.61 Å². The monoisotopic (exact) mass is 278 g/mol. The van der Waals surface area contributed by atoms with E-state index >= 15 is 0 Å². The molecule has 0 aliphatic heterocycles. The lowest BCUT2D eigenvalue weighted by molar-refractivity contribution is -0.120. The first-order valence-electron chi connectivity index (χ1n) is 6.23. The van der Waals surface area contributed by atoms with Crippen molar-refractivity contribution in [2.24, 2.45) is 0 Å². The second-order valence-electron chi connectivity index (χ2n) is 4.58. The molecule has 2 N–H and O–H groups in total. The van der Waals surface area contributed by atoms with Crippen LogP contribution in [0.25, 0.3) is 0 Å². The van der Waals surface area contributed by atoms with Crippen molar-refractivity contribution >= 4 is 23.5 Å². The molecule has 2 amide bonds. The van der Waals surface area contributed by atoms with E-state index in [1.165, 1.54) is 13.0 Å². The average molecular weight is 278 g/mol. The molecule has 0 aliphatic carbocycles. The maximum atomic E-state index is 11.8. The summed E-state index contributed by atoms with van der Waals surface area (Å²) in [5, 5.41) is 5.23. The van der Waals surface area contributed by atoms with Crippen LogP contribution in [0.5, 0.6) is 0 Å². The Kier molecular flexibility index (Phi) is 5.71. The van der Waals surface area contributed by atoms with Crippen molar-refractivity contribution in [2.45, 2.75) is 26.8 Å². The maximum Gasteiger partial charge on any atom is 0.340 e. The smallest absolute Gasteiger partial charge is 0.340 e. The number of ketones is 1. The predicted molar refractivity (Wildman–Crippen MR) is 74.7 cm³/mol. The zero-order valence-corrected chi connectivity index (χ0v) is 11.7. The van der Waals surface area contributed by atoms with E-state index in [1.807, 2.05) is 13.8 Å². The topological polar surface area (TPSA) is 84.5 Å². The molecule has 108 valence electrons. The van der Waals surface area contributed by atoms with Gasteiger partial charge >= 0.3 is 12.0 Å². The molecule has 0 unspecified atom stereocenters. The van der Waals surface area contributed by atoms with Gasteiger partial charge in [0.05, 0.1) is 11.3 Å². The van der Waals surface area contributed by atoms with E-state index in [1.54, 1.807) is 18.2 Å². The fraction of sp³-hybridized carbons (Fsp3) is 0.357. The maximum absolute atomic E-state index is 11.8. The Hall–Kier alpha value is -2.37. The van der Waals surface area contributed by atoms with E-state index in [0.717, 1.165) is 0 Å². The number of benzene rings is 1. The summed E-state index contributed by atoms with van der Waals surface area (Å²) in [7, 11) is 0. The number of amides is 2. The van der Waals surface area contributed by atoms with E-state index in [2.05, 4.69) is 10.6 Å². The standard InChI is InChI=1S/C14H18N2O4/c1-9(2)15-14(19)16-12-7-5-4-6-11(12)13(18)20-8-10(3)17/h4-7,9H,8H2,1-3H3,(H2,15,16,19). The number of anilines is 1. The highest BCUT2D eigenvalue weighted by Crippen LogP contribution is 2.16. The molecule has 0 saturated carbocycles. The lowest BCUT2D eigenvalue weighted by Gasteiger charge is -2.12. The van der Waals surface area contributed by atoms with Crippen LogP contribution in [0.15, 0.2) is 24.3 Å². The van der Waals surface area contributed by atoms with Crippen molar-refractivity contribution in [3.63, 3.8) is 0 Å². The van der Waals surface area contributed by atoms with Crippen molar-refractivity contribution in [3.8, 4) is 0 Å². The van der Waals surface area contributed by atoms with Crippen LogP contribution >= 0.6 is 0 Å². The summed E-state index contributed by atoms with van der Waals surface area (Å²) >= 11 is 0. The Labute approximate surface area is 117 Å². The molecule has 1 aromatic rings. The largest absolute Gasteiger partial charge is 0.454 e. The third-order valence-corrected chi connectivity index (χ3v) is 2.22. The average Bonchev–Trinajstić information content (AvgIpc) is 2.35. The van der Waals surface area contributed by atoms with Crippen molar-refractivity contribution in [1.29, 1.82) is 0 Å². The van der Waals surface area contributed by atoms with Crippen molar-refractivity contribution < 1.29 is 19.1 Å². The minimum Gasteiger partial charge on any atom is -0.454 e. The second kappa shape index (κ2) is 7.28. The lowest BCUT2D eigenvalue weighted by atomic mass is 10.2. The van der Waals surface area contributed by atoms with Crippen molar-refractivity contribution in [3.05, 3.63) is 29.8 Å². The Morgan fingerprint density at radius 1 is 1.20 bits per heavy atom. The molecule has 6 heteroatoms. The fourth-order valence-electron chi connectivity index (χ4n) is 1.44. The van der Waals surface area contributed by atoms with Gasteiger partial charge in [-0.1, -0.05) is 12.1 Å². The number of ether oxygens (including phenoxy) is 1. The van der Waals surface area contributed by atoms with Gasteiger partial charge in [0, 0.05) is 6.04 Å². The van der Waals surface area contributed by atoms with Gasteiger partial charge < -0.3 is 15.4 Å².